The molecule has 0 heterocycles. The molecule has 0 aliphatic rings. The van der Waals surface area contributed by atoms with Gasteiger partial charge in [0.1, 0.15) is 5.82 Å². The zero-order valence-corrected chi connectivity index (χ0v) is 8.21. The molecule has 0 aromatic heterocycles. The van der Waals surface area contributed by atoms with Crippen molar-refractivity contribution in [2.75, 3.05) is 0 Å². The van der Waals surface area contributed by atoms with Crippen molar-refractivity contribution in [3.63, 3.8) is 0 Å². The van der Waals surface area contributed by atoms with E-state index in [0.717, 1.165) is 6.92 Å². The maximum atomic E-state index is 12.9. The Bertz CT molecular complexity index is 411. The van der Waals surface area contributed by atoms with Gasteiger partial charge in [-0.3, -0.25) is 4.79 Å². The maximum Gasteiger partial charge on any atom is 0.416 e. The Morgan fingerprint density at radius 3 is 2.27 bits per heavy atom. The molecule has 0 amide bonds. The number of hydrogen-bond donors (Lipinski definition) is 0. The van der Waals surface area contributed by atoms with Crippen molar-refractivity contribution >= 4 is 17.4 Å². The lowest BCUT2D eigenvalue weighted by molar-refractivity contribution is -0.137. The largest absolute Gasteiger partial charge is 0.416 e. The molecule has 0 aliphatic carbocycles. The molecule has 0 saturated heterocycles. The molecule has 0 spiro atoms. The van der Waals surface area contributed by atoms with Crippen LogP contribution in [0.25, 0.3) is 0 Å². The lowest BCUT2D eigenvalue weighted by atomic mass is 10.1. The number of hydrogen-bond acceptors (Lipinski definition) is 1. The molecule has 0 radical (unpaired) electrons. The molecule has 1 rings (SSSR count). The molecule has 1 aromatic carbocycles. The van der Waals surface area contributed by atoms with E-state index in [1.807, 2.05) is 0 Å². The van der Waals surface area contributed by atoms with E-state index in [4.69, 9.17) is 11.6 Å². The van der Waals surface area contributed by atoms with Crippen LogP contribution < -0.4 is 0 Å². The van der Waals surface area contributed by atoms with Gasteiger partial charge in [-0.05, 0) is 19.1 Å². The maximum absolute atomic E-state index is 12.9. The van der Waals surface area contributed by atoms with Crippen LogP contribution >= 0.6 is 11.6 Å². The first kappa shape index (κ1) is 12.0. The van der Waals surface area contributed by atoms with Crippen LogP contribution in [-0.4, -0.2) is 5.78 Å². The zero-order valence-electron chi connectivity index (χ0n) is 7.45. The van der Waals surface area contributed by atoms with Gasteiger partial charge in [0.25, 0.3) is 0 Å². The second-order valence-electron chi connectivity index (χ2n) is 2.87. The third-order valence-corrected chi connectivity index (χ3v) is 2.12. The second kappa shape index (κ2) is 3.81. The highest BCUT2D eigenvalue weighted by Gasteiger charge is 2.32. The van der Waals surface area contributed by atoms with Gasteiger partial charge in [0.15, 0.2) is 5.78 Å². The summed E-state index contributed by atoms with van der Waals surface area (Å²) in [5.74, 6) is -1.97. The zero-order chi connectivity index (χ0) is 11.8. The lowest BCUT2D eigenvalue weighted by Gasteiger charge is -2.09. The molecule has 15 heavy (non-hydrogen) atoms. The Labute approximate surface area is 87.7 Å². The highest BCUT2D eigenvalue weighted by Crippen LogP contribution is 2.33. The fourth-order valence-electron chi connectivity index (χ4n) is 1.01. The van der Waals surface area contributed by atoms with Crippen LogP contribution in [0, 0.1) is 5.82 Å². The van der Waals surface area contributed by atoms with E-state index in [9.17, 15) is 22.4 Å². The van der Waals surface area contributed by atoms with Gasteiger partial charge in [-0.2, -0.15) is 13.2 Å². The molecule has 0 N–H and O–H groups in total. The van der Waals surface area contributed by atoms with Gasteiger partial charge in [-0.1, -0.05) is 11.6 Å². The third kappa shape index (κ3) is 2.47. The minimum atomic E-state index is -4.70. The molecule has 0 aliphatic heterocycles. The summed E-state index contributed by atoms with van der Waals surface area (Å²) < 4.78 is 49.6. The van der Waals surface area contributed by atoms with E-state index < -0.39 is 33.9 Å². The van der Waals surface area contributed by atoms with Crippen molar-refractivity contribution < 1.29 is 22.4 Å². The molecule has 1 nitrogen and oxygen atoms in total. The van der Waals surface area contributed by atoms with Gasteiger partial charge in [-0.25, -0.2) is 4.39 Å². The van der Waals surface area contributed by atoms with E-state index in [0.29, 0.717) is 6.07 Å². The summed E-state index contributed by atoms with van der Waals surface area (Å²) in [4.78, 5) is 10.9. The SMILES string of the molecule is CC(=O)c1cc(C(F)(F)F)cc(F)c1Cl. The molecule has 0 saturated carbocycles. The van der Waals surface area contributed by atoms with E-state index in [2.05, 4.69) is 0 Å². The van der Waals surface area contributed by atoms with Crippen molar-refractivity contribution in [3.8, 4) is 0 Å². The van der Waals surface area contributed by atoms with E-state index in [1.54, 1.807) is 0 Å². The van der Waals surface area contributed by atoms with Gasteiger partial charge >= 0.3 is 6.18 Å². The Morgan fingerprint density at radius 2 is 1.87 bits per heavy atom. The number of carbonyl (C=O) groups excluding carboxylic acids is 1. The van der Waals surface area contributed by atoms with Crippen molar-refractivity contribution in [2.24, 2.45) is 0 Å². The first-order chi connectivity index (χ1) is 6.73. The van der Waals surface area contributed by atoms with Crippen molar-refractivity contribution in [1.82, 2.24) is 0 Å². The Morgan fingerprint density at radius 1 is 1.33 bits per heavy atom. The summed E-state index contributed by atoms with van der Waals surface area (Å²) >= 11 is 5.35. The van der Waals surface area contributed by atoms with Crippen LogP contribution in [0.4, 0.5) is 17.6 Å². The van der Waals surface area contributed by atoms with Gasteiger partial charge < -0.3 is 0 Å². The number of benzene rings is 1. The van der Waals surface area contributed by atoms with Crippen LogP contribution in [0.5, 0.6) is 0 Å². The van der Waals surface area contributed by atoms with Crippen LogP contribution in [0.2, 0.25) is 5.02 Å². The summed E-state index contributed by atoms with van der Waals surface area (Å²) in [6, 6.07) is 0.794. The van der Waals surface area contributed by atoms with Crippen molar-refractivity contribution in [1.29, 1.82) is 0 Å². The topological polar surface area (TPSA) is 17.1 Å². The molecule has 1 aromatic rings. The highest BCUT2D eigenvalue weighted by molar-refractivity contribution is 6.34. The first-order valence-corrected chi connectivity index (χ1v) is 4.18. The summed E-state index contributed by atoms with van der Waals surface area (Å²) in [5.41, 5.74) is -1.70. The molecular formula is C9H5ClF4O. The van der Waals surface area contributed by atoms with E-state index >= 15 is 0 Å². The fourth-order valence-corrected chi connectivity index (χ4v) is 1.25. The third-order valence-electron chi connectivity index (χ3n) is 1.73. The molecular weight excluding hydrogens is 236 g/mol. The summed E-state index contributed by atoms with van der Waals surface area (Å²) in [6.45, 7) is 1.01. The van der Waals surface area contributed by atoms with E-state index in [-0.39, 0.29) is 6.07 Å². The number of halogens is 5. The molecule has 82 valence electrons. The van der Waals surface area contributed by atoms with Crippen LogP contribution in [0.15, 0.2) is 12.1 Å². The highest BCUT2D eigenvalue weighted by atomic mass is 35.5. The summed E-state index contributed by atoms with van der Waals surface area (Å²) in [7, 11) is 0. The quantitative estimate of drug-likeness (QED) is 0.540. The van der Waals surface area contributed by atoms with Crippen molar-refractivity contribution in [2.45, 2.75) is 13.1 Å². The summed E-state index contributed by atoms with van der Waals surface area (Å²) in [5, 5.41) is -0.587. The first-order valence-electron chi connectivity index (χ1n) is 3.80. The smallest absolute Gasteiger partial charge is 0.294 e. The van der Waals surface area contributed by atoms with Crippen LogP contribution in [0.1, 0.15) is 22.8 Å². The molecule has 0 fully saturated rings. The predicted molar refractivity (Wildman–Crippen MR) is 46.4 cm³/mol. The average molecular weight is 241 g/mol. The van der Waals surface area contributed by atoms with Gasteiger partial charge in [0.05, 0.1) is 10.6 Å². The number of alkyl halides is 3. The molecule has 0 atom stereocenters. The number of ketones is 1. The number of rotatable bonds is 1. The normalized spacial score (nSPS) is 11.6. The monoisotopic (exact) mass is 240 g/mol. The lowest BCUT2D eigenvalue weighted by Crippen LogP contribution is -2.08. The fraction of sp³-hybridized carbons (Fsp3) is 0.222. The van der Waals surface area contributed by atoms with Gasteiger partial charge in [0, 0.05) is 5.56 Å². The minimum absolute atomic E-state index is 0.259. The predicted octanol–water partition coefficient (Wildman–Crippen LogP) is 3.70. The van der Waals surface area contributed by atoms with Crippen molar-refractivity contribution in [3.05, 3.63) is 34.1 Å². The second-order valence-corrected chi connectivity index (χ2v) is 3.25. The van der Waals surface area contributed by atoms with Crippen LogP contribution in [0.3, 0.4) is 0 Å². The standard InChI is InChI=1S/C9H5ClF4O/c1-4(15)6-2-5(9(12,13)14)3-7(11)8(6)10/h2-3H,1H3. The molecule has 0 bridgehead atoms. The van der Waals surface area contributed by atoms with Gasteiger partial charge in [0.2, 0.25) is 0 Å². The average Bonchev–Trinajstić information content (AvgIpc) is 2.06. The minimum Gasteiger partial charge on any atom is -0.294 e. The molecule has 0 unspecified atom stereocenters. The number of carbonyl (C=O) groups is 1. The Balaban J connectivity index is 3.43. The Hall–Kier alpha value is -1.10. The summed E-state index contributed by atoms with van der Waals surface area (Å²) in [6.07, 6.45) is -4.70. The van der Waals surface area contributed by atoms with Gasteiger partial charge in [-0.15, -0.1) is 0 Å². The molecule has 6 heteroatoms. The number of Topliss-reactive ketones (excluding diaryl/α,β-unsaturated/α-hetero) is 1. The Kier molecular flexibility index (Phi) is 3.04. The van der Waals surface area contributed by atoms with Crippen LogP contribution in [-0.2, 0) is 6.18 Å². The van der Waals surface area contributed by atoms with E-state index in [1.165, 1.54) is 0 Å².